The van der Waals surface area contributed by atoms with E-state index in [9.17, 15) is 19.5 Å². The van der Waals surface area contributed by atoms with Crippen molar-refractivity contribution in [1.29, 1.82) is 0 Å². The number of hydrogen-bond donors (Lipinski definition) is 3. The van der Waals surface area contributed by atoms with Gasteiger partial charge in [0.05, 0.1) is 30.1 Å². The Labute approximate surface area is 226 Å². The number of amides is 3. The fourth-order valence-corrected chi connectivity index (χ4v) is 7.54. The summed E-state index contributed by atoms with van der Waals surface area (Å²) in [5, 5.41) is 16.4. The zero-order valence-corrected chi connectivity index (χ0v) is 24.0. The zero-order valence-electron chi connectivity index (χ0n) is 24.0. The van der Waals surface area contributed by atoms with Crippen molar-refractivity contribution in [2.75, 3.05) is 6.61 Å². The molecule has 3 aliphatic heterocycles. The fraction of sp³-hybridized carbons (Fsp3) is 0.700. The van der Waals surface area contributed by atoms with E-state index in [0.717, 1.165) is 12.0 Å². The highest BCUT2D eigenvalue weighted by Crippen LogP contribution is 2.63. The van der Waals surface area contributed by atoms with E-state index in [1.807, 2.05) is 58.0 Å². The Hall–Kier alpha value is -2.45. The molecule has 8 heteroatoms. The second-order valence-corrected chi connectivity index (χ2v) is 13.5. The van der Waals surface area contributed by atoms with Gasteiger partial charge in [-0.05, 0) is 57.4 Å². The highest BCUT2D eigenvalue weighted by atomic mass is 16.5. The molecule has 0 aliphatic carbocycles. The molecule has 0 aromatic heterocycles. The SMILES string of the molecule is CC[C@@H](CO)N1C(=O)[C@@H]2[C@@H](C(=O)NCc3ccccc3)[C@@]3(C)CCC2(O3)C1C(=O)NC(C)(C)CC(C)(C)C. The first-order chi connectivity index (χ1) is 17.7. The average molecular weight is 528 g/mol. The highest BCUT2D eigenvalue weighted by Gasteiger charge is 2.78. The van der Waals surface area contributed by atoms with Gasteiger partial charge in [-0.3, -0.25) is 14.4 Å². The Morgan fingerprint density at radius 1 is 1.13 bits per heavy atom. The lowest BCUT2D eigenvalue weighted by molar-refractivity contribution is -0.150. The third-order valence-electron chi connectivity index (χ3n) is 8.56. The van der Waals surface area contributed by atoms with E-state index >= 15 is 0 Å². The van der Waals surface area contributed by atoms with Gasteiger partial charge in [0.25, 0.3) is 0 Å². The molecule has 2 bridgehead atoms. The zero-order chi connectivity index (χ0) is 28.1. The maximum Gasteiger partial charge on any atom is 0.246 e. The highest BCUT2D eigenvalue weighted by molar-refractivity contribution is 5.99. The summed E-state index contributed by atoms with van der Waals surface area (Å²) < 4.78 is 6.68. The third-order valence-corrected chi connectivity index (χ3v) is 8.56. The Bertz CT molecular complexity index is 1060. The fourth-order valence-electron chi connectivity index (χ4n) is 7.54. The van der Waals surface area contributed by atoms with Crippen LogP contribution in [0.3, 0.4) is 0 Å². The summed E-state index contributed by atoms with van der Waals surface area (Å²) in [5.74, 6) is -2.28. The minimum Gasteiger partial charge on any atom is -0.394 e. The Morgan fingerprint density at radius 3 is 2.37 bits per heavy atom. The van der Waals surface area contributed by atoms with Crippen LogP contribution in [0.25, 0.3) is 0 Å². The van der Waals surface area contributed by atoms with Gasteiger partial charge in [-0.2, -0.15) is 0 Å². The summed E-state index contributed by atoms with van der Waals surface area (Å²) in [7, 11) is 0. The van der Waals surface area contributed by atoms with Crippen LogP contribution in [-0.4, -0.2) is 63.2 Å². The van der Waals surface area contributed by atoms with E-state index in [2.05, 4.69) is 31.4 Å². The molecule has 0 saturated carbocycles. The molecule has 1 aromatic rings. The molecule has 1 spiro atoms. The average Bonchev–Trinajstić information content (AvgIpc) is 3.38. The molecule has 3 amide bonds. The number of nitrogens with one attached hydrogen (secondary N) is 2. The second kappa shape index (κ2) is 9.94. The number of likely N-dealkylation sites (tertiary alicyclic amines) is 1. The van der Waals surface area contributed by atoms with Crippen LogP contribution in [0.4, 0.5) is 0 Å². The number of ether oxygens (including phenoxy) is 1. The quantitative estimate of drug-likeness (QED) is 0.457. The van der Waals surface area contributed by atoms with Crippen molar-refractivity contribution in [3.8, 4) is 0 Å². The largest absolute Gasteiger partial charge is 0.394 e. The van der Waals surface area contributed by atoms with Gasteiger partial charge < -0.3 is 25.4 Å². The van der Waals surface area contributed by atoms with Gasteiger partial charge in [-0.15, -0.1) is 0 Å². The summed E-state index contributed by atoms with van der Waals surface area (Å²) in [6.07, 6.45) is 2.32. The van der Waals surface area contributed by atoms with Crippen molar-refractivity contribution in [3.05, 3.63) is 35.9 Å². The summed E-state index contributed by atoms with van der Waals surface area (Å²) in [6, 6.07) is 8.19. The smallest absolute Gasteiger partial charge is 0.246 e. The first-order valence-corrected chi connectivity index (χ1v) is 13.9. The maximum absolute atomic E-state index is 14.1. The molecule has 3 aliphatic rings. The Morgan fingerprint density at radius 2 is 1.79 bits per heavy atom. The number of aliphatic hydroxyl groups excluding tert-OH is 1. The first-order valence-electron chi connectivity index (χ1n) is 13.9. The van der Waals surface area contributed by atoms with E-state index < -0.39 is 40.7 Å². The molecule has 8 nitrogen and oxygen atoms in total. The molecule has 6 atom stereocenters. The van der Waals surface area contributed by atoms with Crippen molar-refractivity contribution in [2.45, 2.75) is 110 Å². The minimum atomic E-state index is -1.11. The van der Waals surface area contributed by atoms with E-state index in [1.54, 1.807) is 0 Å². The molecule has 210 valence electrons. The second-order valence-electron chi connectivity index (χ2n) is 13.5. The van der Waals surface area contributed by atoms with Gasteiger partial charge in [-0.25, -0.2) is 0 Å². The standard InChI is InChI=1S/C30H45N3O5/c1-8-20(17-34)33-23(25(36)32-28(5,6)18-27(2,3)4)30-15-14-29(7,38-30)21(22(30)26(33)37)24(35)31-16-19-12-10-9-11-13-19/h9-13,20-23,34H,8,14-18H2,1-7H3,(H,31,35)(H,32,36)/t20-,21-,22-,23?,29+,30?/m0/s1. The lowest BCUT2D eigenvalue weighted by Crippen LogP contribution is -2.61. The Balaban J connectivity index is 1.68. The summed E-state index contributed by atoms with van der Waals surface area (Å²) in [4.78, 5) is 43.4. The molecule has 3 fully saturated rings. The van der Waals surface area contributed by atoms with E-state index in [4.69, 9.17) is 4.74 Å². The Kier molecular flexibility index (Phi) is 7.47. The molecule has 2 unspecified atom stereocenters. The van der Waals surface area contributed by atoms with Crippen molar-refractivity contribution >= 4 is 17.7 Å². The van der Waals surface area contributed by atoms with Gasteiger partial charge >= 0.3 is 0 Å². The van der Waals surface area contributed by atoms with Crippen LogP contribution < -0.4 is 10.6 Å². The van der Waals surface area contributed by atoms with Crippen molar-refractivity contribution in [3.63, 3.8) is 0 Å². The van der Waals surface area contributed by atoms with Gasteiger partial charge in [0, 0.05) is 12.1 Å². The van der Waals surface area contributed by atoms with Crippen LogP contribution in [0.15, 0.2) is 30.3 Å². The van der Waals surface area contributed by atoms with E-state index in [-0.39, 0.29) is 29.7 Å². The predicted molar refractivity (Wildman–Crippen MR) is 145 cm³/mol. The molecule has 38 heavy (non-hydrogen) atoms. The summed E-state index contributed by atoms with van der Waals surface area (Å²) in [6.45, 7) is 14.2. The molecule has 3 saturated heterocycles. The number of carbonyl (C=O) groups is 3. The van der Waals surface area contributed by atoms with Crippen LogP contribution >= 0.6 is 0 Å². The number of nitrogens with zero attached hydrogens (tertiary/aromatic N) is 1. The van der Waals surface area contributed by atoms with Crippen LogP contribution in [0.2, 0.25) is 0 Å². The van der Waals surface area contributed by atoms with Crippen molar-refractivity contribution in [2.24, 2.45) is 17.3 Å². The third kappa shape index (κ3) is 4.97. The van der Waals surface area contributed by atoms with Crippen LogP contribution in [0.5, 0.6) is 0 Å². The normalized spacial score (nSPS) is 31.3. The predicted octanol–water partition coefficient (Wildman–Crippen LogP) is 3.17. The minimum absolute atomic E-state index is 0.0163. The van der Waals surface area contributed by atoms with Crippen molar-refractivity contribution < 1.29 is 24.2 Å². The molecular weight excluding hydrogens is 482 g/mol. The molecule has 3 heterocycles. The molecule has 1 aromatic carbocycles. The number of carbonyl (C=O) groups excluding carboxylic acids is 3. The maximum atomic E-state index is 14.1. The number of rotatable bonds is 9. The molecule has 3 N–H and O–H groups in total. The van der Waals surface area contributed by atoms with Crippen LogP contribution in [-0.2, 0) is 25.7 Å². The van der Waals surface area contributed by atoms with Crippen LogP contribution in [0, 0.1) is 17.3 Å². The monoisotopic (exact) mass is 527 g/mol. The number of fused-ring (bicyclic) bond motifs is 1. The van der Waals surface area contributed by atoms with Crippen LogP contribution in [0.1, 0.15) is 79.7 Å². The van der Waals surface area contributed by atoms with E-state index in [0.29, 0.717) is 25.8 Å². The lowest BCUT2D eigenvalue weighted by atomic mass is 9.66. The van der Waals surface area contributed by atoms with Gasteiger partial charge in [0.2, 0.25) is 17.7 Å². The summed E-state index contributed by atoms with van der Waals surface area (Å²) in [5.41, 5.74) is -1.52. The van der Waals surface area contributed by atoms with Gasteiger partial charge in [0.1, 0.15) is 11.6 Å². The molecule has 4 rings (SSSR count). The number of aliphatic hydroxyl groups is 1. The lowest BCUT2D eigenvalue weighted by Gasteiger charge is -2.40. The van der Waals surface area contributed by atoms with Gasteiger partial charge in [-0.1, -0.05) is 58.0 Å². The molecule has 0 radical (unpaired) electrons. The first kappa shape index (κ1) is 28.6. The summed E-state index contributed by atoms with van der Waals surface area (Å²) >= 11 is 0. The number of hydrogen-bond acceptors (Lipinski definition) is 5. The molecular formula is C30H45N3O5. The topological polar surface area (TPSA) is 108 Å². The van der Waals surface area contributed by atoms with Gasteiger partial charge in [0.15, 0.2) is 0 Å². The van der Waals surface area contributed by atoms with E-state index in [1.165, 1.54) is 4.90 Å². The number of benzene rings is 1. The van der Waals surface area contributed by atoms with Crippen molar-refractivity contribution in [1.82, 2.24) is 15.5 Å².